The van der Waals surface area contributed by atoms with Crippen LogP contribution in [0.2, 0.25) is 0 Å². The summed E-state index contributed by atoms with van der Waals surface area (Å²) in [6.45, 7) is 6.69. The third-order valence-electron chi connectivity index (χ3n) is 4.14. The molecule has 2 fully saturated rings. The van der Waals surface area contributed by atoms with Gasteiger partial charge in [-0.15, -0.1) is 0 Å². The maximum atomic E-state index is 12.7. The van der Waals surface area contributed by atoms with Crippen LogP contribution in [-0.4, -0.2) is 47.8 Å². The minimum atomic E-state index is -0.981. The van der Waals surface area contributed by atoms with Crippen LogP contribution in [0.4, 0.5) is 0 Å². The van der Waals surface area contributed by atoms with Crippen LogP contribution >= 0.6 is 0 Å². The van der Waals surface area contributed by atoms with Crippen LogP contribution in [0.5, 0.6) is 0 Å². The summed E-state index contributed by atoms with van der Waals surface area (Å²) in [7, 11) is 0. The Kier molecular flexibility index (Phi) is 3.38. The summed E-state index contributed by atoms with van der Waals surface area (Å²) in [5.41, 5.74) is -1.52. The van der Waals surface area contributed by atoms with E-state index in [9.17, 15) is 14.4 Å². The van der Waals surface area contributed by atoms with E-state index in [1.165, 1.54) is 4.90 Å². The molecule has 2 heterocycles. The SMILES string of the molecule is CC1(C(=O)N2CC(=O)NC(=O)C2(C)C)CCCNC1. The van der Waals surface area contributed by atoms with Crippen LogP contribution < -0.4 is 10.6 Å². The van der Waals surface area contributed by atoms with Crippen LogP contribution in [-0.2, 0) is 14.4 Å². The number of carbonyl (C=O) groups is 3. The fourth-order valence-corrected chi connectivity index (χ4v) is 2.67. The number of rotatable bonds is 1. The molecule has 6 heteroatoms. The number of piperazine rings is 1. The van der Waals surface area contributed by atoms with E-state index in [1.807, 2.05) is 6.92 Å². The molecular formula is C13H21N3O3. The van der Waals surface area contributed by atoms with Crippen LogP contribution in [0.25, 0.3) is 0 Å². The Balaban J connectivity index is 2.25. The van der Waals surface area contributed by atoms with Crippen molar-refractivity contribution in [3.8, 4) is 0 Å². The molecule has 2 rings (SSSR count). The average Bonchev–Trinajstić information content (AvgIpc) is 2.34. The molecule has 1 unspecified atom stereocenters. The molecule has 0 aromatic carbocycles. The second-order valence-electron chi connectivity index (χ2n) is 6.17. The number of amides is 3. The lowest BCUT2D eigenvalue weighted by atomic mass is 9.80. The minimum Gasteiger partial charge on any atom is -0.319 e. The monoisotopic (exact) mass is 267 g/mol. The summed E-state index contributed by atoms with van der Waals surface area (Å²) in [5.74, 6) is -0.942. The van der Waals surface area contributed by atoms with Gasteiger partial charge in [-0.05, 0) is 40.2 Å². The van der Waals surface area contributed by atoms with Gasteiger partial charge < -0.3 is 10.2 Å². The lowest BCUT2D eigenvalue weighted by molar-refractivity contribution is -0.161. The molecule has 6 nitrogen and oxygen atoms in total. The van der Waals surface area contributed by atoms with E-state index < -0.39 is 22.8 Å². The lowest BCUT2D eigenvalue weighted by Crippen LogP contribution is -2.68. The van der Waals surface area contributed by atoms with Gasteiger partial charge in [0.1, 0.15) is 12.1 Å². The molecule has 0 aliphatic carbocycles. The van der Waals surface area contributed by atoms with Crippen molar-refractivity contribution in [1.29, 1.82) is 0 Å². The Labute approximate surface area is 112 Å². The standard InChI is InChI=1S/C13H21N3O3/c1-12(2)10(18)15-9(17)7-16(12)11(19)13(3)5-4-6-14-8-13/h14H,4-8H2,1-3H3,(H,15,17,18). The molecular weight excluding hydrogens is 246 g/mol. The first-order valence-electron chi connectivity index (χ1n) is 6.64. The maximum absolute atomic E-state index is 12.7. The van der Waals surface area contributed by atoms with Crippen molar-refractivity contribution in [3.63, 3.8) is 0 Å². The topological polar surface area (TPSA) is 78.5 Å². The molecule has 2 aliphatic heterocycles. The van der Waals surface area contributed by atoms with Crippen molar-refractivity contribution in [3.05, 3.63) is 0 Å². The quantitative estimate of drug-likeness (QED) is 0.636. The normalized spacial score (nSPS) is 31.0. The Hall–Kier alpha value is -1.43. The van der Waals surface area contributed by atoms with Crippen LogP contribution in [0.1, 0.15) is 33.6 Å². The van der Waals surface area contributed by atoms with Gasteiger partial charge in [0.05, 0.1) is 5.41 Å². The molecule has 3 amide bonds. The molecule has 0 radical (unpaired) electrons. The largest absolute Gasteiger partial charge is 0.319 e. The smallest absolute Gasteiger partial charge is 0.252 e. The van der Waals surface area contributed by atoms with E-state index >= 15 is 0 Å². The van der Waals surface area contributed by atoms with Crippen LogP contribution in [0.15, 0.2) is 0 Å². The van der Waals surface area contributed by atoms with Crippen molar-refractivity contribution < 1.29 is 14.4 Å². The Morgan fingerprint density at radius 1 is 1.26 bits per heavy atom. The third kappa shape index (κ3) is 2.36. The fourth-order valence-electron chi connectivity index (χ4n) is 2.67. The predicted molar refractivity (Wildman–Crippen MR) is 69.2 cm³/mol. The fraction of sp³-hybridized carbons (Fsp3) is 0.769. The molecule has 2 N–H and O–H groups in total. The van der Waals surface area contributed by atoms with Gasteiger partial charge in [0.15, 0.2) is 0 Å². The average molecular weight is 267 g/mol. The van der Waals surface area contributed by atoms with Gasteiger partial charge in [0.2, 0.25) is 11.8 Å². The van der Waals surface area contributed by atoms with E-state index in [0.717, 1.165) is 19.4 Å². The molecule has 2 aliphatic rings. The molecule has 0 aromatic heterocycles. The van der Waals surface area contributed by atoms with E-state index in [2.05, 4.69) is 10.6 Å². The zero-order chi connectivity index (χ0) is 14.3. The first kappa shape index (κ1) is 14.0. The number of carbonyl (C=O) groups excluding carboxylic acids is 3. The van der Waals surface area contributed by atoms with Crippen LogP contribution in [0.3, 0.4) is 0 Å². The summed E-state index contributed by atoms with van der Waals surface area (Å²) in [6.07, 6.45) is 1.71. The van der Waals surface area contributed by atoms with Crippen molar-refractivity contribution >= 4 is 17.7 Å². The number of hydrogen-bond donors (Lipinski definition) is 2. The minimum absolute atomic E-state index is 0.0484. The summed E-state index contributed by atoms with van der Waals surface area (Å²) in [4.78, 5) is 37.6. The number of piperidine rings is 1. The highest BCUT2D eigenvalue weighted by atomic mass is 16.2. The Bertz CT molecular complexity index is 425. The van der Waals surface area contributed by atoms with Crippen molar-refractivity contribution in [2.75, 3.05) is 19.6 Å². The molecule has 2 saturated heterocycles. The van der Waals surface area contributed by atoms with E-state index in [-0.39, 0.29) is 12.5 Å². The second-order valence-corrected chi connectivity index (χ2v) is 6.17. The van der Waals surface area contributed by atoms with Gasteiger partial charge in [-0.1, -0.05) is 0 Å². The Morgan fingerprint density at radius 3 is 2.53 bits per heavy atom. The molecule has 0 spiro atoms. The highest BCUT2D eigenvalue weighted by Gasteiger charge is 2.48. The molecule has 19 heavy (non-hydrogen) atoms. The number of imide groups is 1. The molecule has 0 aromatic rings. The molecule has 1 atom stereocenters. The van der Waals surface area contributed by atoms with Gasteiger partial charge >= 0.3 is 0 Å². The summed E-state index contributed by atoms with van der Waals surface area (Å²) in [6, 6.07) is 0. The summed E-state index contributed by atoms with van der Waals surface area (Å²) in [5, 5.41) is 5.49. The molecule has 0 bridgehead atoms. The number of hydrogen-bond acceptors (Lipinski definition) is 4. The summed E-state index contributed by atoms with van der Waals surface area (Å²) < 4.78 is 0. The van der Waals surface area contributed by atoms with Gasteiger partial charge in [-0.2, -0.15) is 0 Å². The molecule has 106 valence electrons. The van der Waals surface area contributed by atoms with Gasteiger partial charge in [-0.3, -0.25) is 19.7 Å². The van der Waals surface area contributed by atoms with Crippen molar-refractivity contribution in [1.82, 2.24) is 15.5 Å². The number of nitrogens with zero attached hydrogens (tertiary/aromatic N) is 1. The summed E-state index contributed by atoms with van der Waals surface area (Å²) >= 11 is 0. The first-order valence-corrected chi connectivity index (χ1v) is 6.64. The number of nitrogens with one attached hydrogen (secondary N) is 2. The van der Waals surface area contributed by atoms with Gasteiger partial charge in [-0.25, -0.2) is 0 Å². The van der Waals surface area contributed by atoms with Gasteiger partial charge in [0, 0.05) is 6.54 Å². The van der Waals surface area contributed by atoms with E-state index in [1.54, 1.807) is 13.8 Å². The zero-order valence-electron chi connectivity index (χ0n) is 11.7. The van der Waals surface area contributed by atoms with Crippen molar-refractivity contribution in [2.24, 2.45) is 5.41 Å². The second kappa shape index (κ2) is 4.59. The Morgan fingerprint density at radius 2 is 1.95 bits per heavy atom. The predicted octanol–water partition coefficient (Wildman–Crippen LogP) is -0.360. The van der Waals surface area contributed by atoms with Gasteiger partial charge in [0.25, 0.3) is 5.91 Å². The highest BCUT2D eigenvalue weighted by Crippen LogP contribution is 2.31. The van der Waals surface area contributed by atoms with E-state index in [0.29, 0.717) is 6.54 Å². The highest BCUT2D eigenvalue weighted by molar-refractivity contribution is 6.06. The third-order valence-corrected chi connectivity index (χ3v) is 4.14. The van der Waals surface area contributed by atoms with E-state index in [4.69, 9.17) is 0 Å². The maximum Gasteiger partial charge on any atom is 0.252 e. The lowest BCUT2D eigenvalue weighted by Gasteiger charge is -2.45. The first-order chi connectivity index (χ1) is 8.77. The zero-order valence-corrected chi connectivity index (χ0v) is 11.7. The van der Waals surface area contributed by atoms with Crippen LogP contribution in [0, 0.1) is 5.41 Å². The van der Waals surface area contributed by atoms with Crippen molar-refractivity contribution in [2.45, 2.75) is 39.2 Å². The molecule has 0 saturated carbocycles.